The van der Waals surface area contributed by atoms with Crippen LogP contribution in [0.1, 0.15) is 38.3 Å². The quantitative estimate of drug-likeness (QED) is 0.770. The number of carboxylic acid groups (broad SMARTS) is 1. The first kappa shape index (κ1) is 20.2. The lowest BCUT2D eigenvalue weighted by Gasteiger charge is -2.28. The molecule has 0 heterocycles. The molecule has 1 amide bonds. The molecule has 0 saturated carbocycles. The number of phenols is 1. The molecule has 2 rings (SSSR count). The molecule has 1 unspecified atom stereocenters. The minimum atomic E-state index is -0.745. The summed E-state index contributed by atoms with van der Waals surface area (Å²) in [5.41, 5.74) is 1.56. The minimum absolute atomic E-state index is 0.154. The molecule has 2 aromatic rings. The van der Waals surface area contributed by atoms with E-state index in [4.69, 9.17) is 5.11 Å². The van der Waals surface area contributed by atoms with Gasteiger partial charge in [-0.15, -0.1) is 0 Å². The summed E-state index contributed by atoms with van der Waals surface area (Å²) in [5, 5.41) is 17.1. The standard InChI is InChI=1S/C16H16FNO2.C3H6O2/c1-2-16(12-3-9-15(20)10-4-12)18(11-19)14-7-5-13(17)6-8-14;1-2-3(4)5/h3-11,16,20H,2H2,1H3;2H2,1H3,(H,4,5). The summed E-state index contributed by atoms with van der Waals surface area (Å²) < 4.78 is 13.0. The van der Waals surface area contributed by atoms with Crippen molar-refractivity contribution in [2.24, 2.45) is 0 Å². The van der Waals surface area contributed by atoms with Gasteiger partial charge in [0.05, 0.1) is 6.04 Å². The number of nitrogens with zero attached hydrogens (tertiary/aromatic N) is 1. The van der Waals surface area contributed by atoms with Crippen LogP contribution in [0.2, 0.25) is 0 Å². The number of hydrogen-bond acceptors (Lipinski definition) is 3. The first-order chi connectivity index (χ1) is 11.9. The van der Waals surface area contributed by atoms with E-state index in [-0.39, 0.29) is 24.0 Å². The second kappa shape index (κ2) is 10.1. The Morgan fingerprint density at radius 1 is 1.12 bits per heavy atom. The van der Waals surface area contributed by atoms with Gasteiger partial charge in [0.15, 0.2) is 0 Å². The molecule has 0 fully saturated rings. The highest BCUT2D eigenvalue weighted by atomic mass is 19.1. The molecule has 0 aromatic heterocycles. The third-order valence-electron chi connectivity index (χ3n) is 3.54. The average molecular weight is 347 g/mol. The Morgan fingerprint density at radius 2 is 1.64 bits per heavy atom. The molecule has 0 radical (unpaired) electrons. The van der Waals surface area contributed by atoms with Gasteiger partial charge in [-0.1, -0.05) is 26.0 Å². The van der Waals surface area contributed by atoms with Crippen molar-refractivity contribution < 1.29 is 24.2 Å². The molecule has 2 aromatic carbocycles. The second-order valence-corrected chi connectivity index (χ2v) is 5.25. The second-order valence-electron chi connectivity index (χ2n) is 5.25. The van der Waals surface area contributed by atoms with E-state index in [0.29, 0.717) is 12.1 Å². The maximum Gasteiger partial charge on any atom is 0.303 e. The summed E-state index contributed by atoms with van der Waals surface area (Å²) in [6.45, 7) is 3.57. The highest BCUT2D eigenvalue weighted by molar-refractivity contribution is 5.76. The van der Waals surface area contributed by atoms with Crippen molar-refractivity contribution in [2.45, 2.75) is 32.7 Å². The zero-order chi connectivity index (χ0) is 18.8. The predicted octanol–water partition coefficient (Wildman–Crippen LogP) is 4.13. The molecular weight excluding hydrogens is 325 g/mol. The molecule has 5 nitrogen and oxygen atoms in total. The molecule has 0 saturated heterocycles. The highest BCUT2D eigenvalue weighted by Gasteiger charge is 2.18. The first-order valence-corrected chi connectivity index (χ1v) is 7.92. The van der Waals surface area contributed by atoms with Crippen LogP contribution in [0.25, 0.3) is 0 Å². The molecular formula is C19H22FNO4. The number of amides is 1. The Balaban J connectivity index is 0.000000550. The van der Waals surface area contributed by atoms with Crippen LogP contribution >= 0.6 is 0 Å². The third-order valence-corrected chi connectivity index (χ3v) is 3.54. The number of carboxylic acids is 1. The van der Waals surface area contributed by atoms with Crippen LogP contribution < -0.4 is 4.90 Å². The summed E-state index contributed by atoms with van der Waals surface area (Å²) in [4.78, 5) is 22.3. The Labute approximate surface area is 146 Å². The summed E-state index contributed by atoms with van der Waals surface area (Å²) in [6, 6.07) is 12.4. The first-order valence-electron chi connectivity index (χ1n) is 7.92. The van der Waals surface area contributed by atoms with E-state index in [9.17, 15) is 19.1 Å². The average Bonchev–Trinajstić information content (AvgIpc) is 2.62. The van der Waals surface area contributed by atoms with Gasteiger partial charge in [0.1, 0.15) is 11.6 Å². The van der Waals surface area contributed by atoms with Crippen LogP contribution in [0.4, 0.5) is 10.1 Å². The molecule has 0 spiro atoms. The van der Waals surface area contributed by atoms with Gasteiger partial charge in [-0.2, -0.15) is 0 Å². The van der Waals surface area contributed by atoms with E-state index in [1.165, 1.54) is 12.1 Å². The maximum absolute atomic E-state index is 13.0. The lowest BCUT2D eigenvalue weighted by atomic mass is 10.0. The van der Waals surface area contributed by atoms with Crippen LogP contribution in [0.5, 0.6) is 5.75 Å². The Hall–Kier alpha value is -2.89. The van der Waals surface area contributed by atoms with Crippen molar-refractivity contribution in [3.8, 4) is 5.75 Å². The molecule has 25 heavy (non-hydrogen) atoms. The van der Waals surface area contributed by atoms with Crippen molar-refractivity contribution in [3.63, 3.8) is 0 Å². The number of aromatic hydroxyl groups is 1. The van der Waals surface area contributed by atoms with Crippen molar-refractivity contribution >= 4 is 18.1 Å². The third kappa shape index (κ3) is 6.25. The minimum Gasteiger partial charge on any atom is -0.508 e. The number of phenolic OH excluding ortho intramolecular Hbond substituents is 1. The number of aliphatic carboxylic acids is 1. The zero-order valence-corrected chi connectivity index (χ0v) is 14.2. The maximum atomic E-state index is 13.0. The highest BCUT2D eigenvalue weighted by Crippen LogP contribution is 2.29. The fourth-order valence-electron chi connectivity index (χ4n) is 2.22. The number of carbonyl (C=O) groups is 2. The number of hydrogen-bond donors (Lipinski definition) is 2. The van der Waals surface area contributed by atoms with Gasteiger partial charge in [-0.05, 0) is 48.4 Å². The van der Waals surface area contributed by atoms with Crippen LogP contribution in [0.3, 0.4) is 0 Å². The van der Waals surface area contributed by atoms with E-state index >= 15 is 0 Å². The molecule has 1 atom stereocenters. The summed E-state index contributed by atoms with van der Waals surface area (Å²) in [7, 11) is 0. The Bertz CT molecular complexity index is 671. The predicted molar refractivity (Wildman–Crippen MR) is 94.0 cm³/mol. The number of carbonyl (C=O) groups excluding carboxylic acids is 1. The van der Waals surface area contributed by atoms with Gasteiger partial charge in [-0.3, -0.25) is 9.59 Å². The number of halogens is 1. The van der Waals surface area contributed by atoms with Gasteiger partial charge in [-0.25, -0.2) is 4.39 Å². The van der Waals surface area contributed by atoms with E-state index < -0.39 is 5.97 Å². The van der Waals surface area contributed by atoms with Gasteiger partial charge in [0.2, 0.25) is 6.41 Å². The largest absolute Gasteiger partial charge is 0.508 e. The molecule has 0 aliphatic carbocycles. The van der Waals surface area contributed by atoms with E-state index in [2.05, 4.69) is 0 Å². The topological polar surface area (TPSA) is 77.8 Å². The van der Waals surface area contributed by atoms with Gasteiger partial charge in [0, 0.05) is 12.1 Å². The molecule has 2 N–H and O–H groups in total. The van der Waals surface area contributed by atoms with Crippen LogP contribution in [-0.4, -0.2) is 22.6 Å². The molecule has 6 heteroatoms. The number of rotatable bonds is 6. The molecule has 134 valence electrons. The molecule has 0 aliphatic rings. The summed E-state index contributed by atoms with van der Waals surface area (Å²) in [6.07, 6.45) is 1.68. The monoisotopic (exact) mass is 347 g/mol. The zero-order valence-electron chi connectivity index (χ0n) is 14.2. The SMILES string of the molecule is CCC(=O)O.CCC(c1ccc(O)cc1)N(C=O)c1ccc(F)cc1. The van der Waals surface area contributed by atoms with Crippen molar-refractivity contribution in [2.75, 3.05) is 4.90 Å². The number of benzene rings is 2. The smallest absolute Gasteiger partial charge is 0.303 e. The number of anilines is 1. The summed E-state index contributed by atoms with van der Waals surface area (Å²) in [5.74, 6) is -0.898. The summed E-state index contributed by atoms with van der Waals surface area (Å²) >= 11 is 0. The van der Waals surface area contributed by atoms with Gasteiger partial charge < -0.3 is 15.1 Å². The van der Waals surface area contributed by atoms with Crippen molar-refractivity contribution in [1.82, 2.24) is 0 Å². The van der Waals surface area contributed by atoms with Crippen molar-refractivity contribution in [1.29, 1.82) is 0 Å². The van der Waals surface area contributed by atoms with Crippen molar-refractivity contribution in [3.05, 3.63) is 59.9 Å². The van der Waals surface area contributed by atoms with E-state index in [0.717, 1.165) is 12.0 Å². The van der Waals surface area contributed by atoms with E-state index in [1.807, 2.05) is 6.92 Å². The normalized spacial score (nSPS) is 11.0. The lowest BCUT2D eigenvalue weighted by molar-refractivity contribution is -0.136. The van der Waals surface area contributed by atoms with Gasteiger partial charge >= 0.3 is 5.97 Å². The Kier molecular flexibility index (Phi) is 8.12. The van der Waals surface area contributed by atoms with E-state index in [1.54, 1.807) is 48.2 Å². The molecule has 0 aliphatic heterocycles. The fourth-order valence-corrected chi connectivity index (χ4v) is 2.22. The van der Waals surface area contributed by atoms with Gasteiger partial charge in [0.25, 0.3) is 0 Å². The fraction of sp³-hybridized carbons (Fsp3) is 0.263. The Morgan fingerprint density at radius 3 is 2.04 bits per heavy atom. The van der Waals surface area contributed by atoms with Crippen LogP contribution in [-0.2, 0) is 9.59 Å². The lowest BCUT2D eigenvalue weighted by Crippen LogP contribution is -2.26. The molecule has 0 bridgehead atoms. The van der Waals surface area contributed by atoms with Crippen LogP contribution in [0, 0.1) is 5.82 Å². The van der Waals surface area contributed by atoms with Crippen LogP contribution in [0.15, 0.2) is 48.5 Å².